The number of hydrogen-bond acceptors (Lipinski definition) is 2. The van der Waals surface area contributed by atoms with Gasteiger partial charge in [-0.3, -0.25) is 4.79 Å². The fraction of sp³-hybridized carbons (Fsp3) is 0.429. The minimum Gasteiger partial charge on any atom is -0.478 e. The van der Waals surface area contributed by atoms with Gasteiger partial charge in [0.25, 0.3) is 5.91 Å². The van der Waals surface area contributed by atoms with Crippen LogP contribution in [0.1, 0.15) is 46.4 Å². The minimum atomic E-state index is -1.07. The summed E-state index contributed by atoms with van der Waals surface area (Å²) in [7, 11) is 0. The van der Waals surface area contributed by atoms with Gasteiger partial charge in [-0.25, -0.2) is 4.79 Å². The van der Waals surface area contributed by atoms with E-state index in [2.05, 4.69) is 5.32 Å². The van der Waals surface area contributed by atoms with Gasteiger partial charge in [0.05, 0.1) is 11.1 Å². The molecule has 0 heterocycles. The van der Waals surface area contributed by atoms with Crippen LogP contribution in [0, 0.1) is 5.92 Å². The van der Waals surface area contributed by atoms with Crippen LogP contribution in [-0.4, -0.2) is 23.5 Å². The fourth-order valence-electron chi connectivity index (χ4n) is 2.41. The maximum atomic E-state index is 12.0. The van der Waals surface area contributed by atoms with Crippen LogP contribution in [0.25, 0.3) is 0 Å². The van der Waals surface area contributed by atoms with Crippen molar-refractivity contribution >= 4 is 11.9 Å². The number of carboxylic acids is 1. The van der Waals surface area contributed by atoms with E-state index in [0.29, 0.717) is 12.5 Å². The molecule has 2 rings (SSSR count). The van der Waals surface area contributed by atoms with E-state index < -0.39 is 5.97 Å². The van der Waals surface area contributed by atoms with Crippen molar-refractivity contribution in [3.63, 3.8) is 0 Å². The molecule has 1 amide bonds. The highest BCUT2D eigenvalue weighted by Crippen LogP contribution is 2.23. The van der Waals surface area contributed by atoms with E-state index >= 15 is 0 Å². The van der Waals surface area contributed by atoms with Gasteiger partial charge in [-0.1, -0.05) is 25.0 Å². The van der Waals surface area contributed by atoms with Gasteiger partial charge in [0.1, 0.15) is 0 Å². The van der Waals surface area contributed by atoms with Gasteiger partial charge in [0.15, 0.2) is 0 Å². The van der Waals surface area contributed by atoms with E-state index in [-0.39, 0.29) is 17.0 Å². The monoisotopic (exact) mass is 247 g/mol. The van der Waals surface area contributed by atoms with Crippen molar-refractivity contribution in [1.29, 1.82) is 0 Å². The molecule has 1 aromatic rings. The molecule has 4 nitrogen and oxygen atoms in total. The van der Waals surface area contributed by atoms with E-state index in [1.807, 2.05) is 0 Å². The molecule has 0 aromatic heterocycles. The van der Waals surface area contributed by atoms with E-state index in [1.54, 1.807) is 18.2 Å². The summed E-state index contributed by atoms with van der Waals surface area (Å²) in [5, 5.41) is 11.8. The third kappa shape index (κ3) is 2.88. The largest absolute Gasteiger partial charge is 0.478 e. The Morgan fingerprint density at radius 3 is 2.39 bits per heavy atom. The highest BCUT2D eigenvalue weighted by Gasteiger charge is 2.18. The van der Waals surface area contributed by atoms with E-state index in [4.69, 9.17) is 5.11 Å². The molecule has 0 spiro atoms. The lowest BCUT2D eigenvalue weighted by Crippen LogP contribution is -2.29. The van der Waals surface area contributed by atoms with Crippen LogP contribution in [0.15, 0.2) is 24.3 Å². The first kappa shape index (κ1) is 12.6. The lowest BCUT2D eigenvalue weighted by atomic mass is 10.1. The van der Waals surface area contributed by atoms with Crippen LogP contribution in [0.2, 0.25) is 0 Å². The average Bonchev–Trinajstić information content (AvgIpc) is 2.89. The van der Waals surface area contributed by atoms with Gasteiger partial charge < -0.3 is 10.4 Å². The van der Waals surface area contributed by atoms with E-state index in [0.717, 1.165) is 12.8 Å². The lowest BCUT2D eigenvalue weighted by molar-refractivity contribution is 0.0691. The zero-order valence-electron chi connectivity index (χ0n) is 10.2. The van der Waals surface area contributed by atoms with Gasteiger partial charge >= 0.3 is 5.97 Å². The highest BCUT2D eigenvalue weighted by atomic mass is 16.4. The molecule has 1 fully saturated rings. The molecular formula is C14H17NO3. The Balaban J connectivity index is 2.01. The van der Waals surface area contributed by atoms with Gasteiger partial charge in [0.2, 0.25) is 0 Å². The summed E-state index contributed by atoms with van der Waals surface area (Å²) in [6.45, 7) is 0.646. The molecule has 0 bridgehead atoms. The number of benzene rings is 1. The number of hydrogen-bond donors (Lipinski definition) is 2. The molecular weight excluding hydrogens is 230 g/mol. The maximum Gasteiger partial charge on any atom is 0.336 e. The summed E-state index contributed by atoms with van der Waals surface area (Å²) in [6, 6.07) is 6.30. The predicted octanol–water partition coefficient (Wildman–Crippen LogP) is 2.30. The zero-order chi connectivity index (χ0) is 13.0. The predicted molar refractivity (Wildman–Crippen MR) is 67.7 cm³/mol. The number of amides is 1. The Labute approximate surface area is 106 Å². The second-order valence-corrected chi connectivity index (χ2v) is 4.71. The number of aromatic carboxylic acids is 1. The molecule has 1 aliphatic rings. The van der Waals surface area contributed by atoms with Gasteiger partial charge in [0, 0.05) is 6.54 Å². The third-order valence-electron chi connectivity index (χ3n) is 3.43. The van der Waals surface area contributed by atoms with Gasteiger partial charge in [-0.15, -0.1) is 0 Å². The molecule has 1 saturated carbocycles. The number of carbonyl (C=O) groups excluding carboxylic acids is 1. The van der Waals surface area contributed by atoms with E-state index in [1.165, 1.54) is 18.9 Å². The van der Waals surface area contributed by atoms with Crippen LogP contribution in [0.5, 0.6) is 0 Å². The summed E-state index contributed by atoms with van der Waals surface area (Å²) < 4.78 is 0. The molecule has 0 saturated heterocycles. The Morgan fingerprint density at radius 1 is 1.17 bits per heavy atom. The maximum absolute atomic E-state index is 12.0. The normalized spacial score (nSPS) is 15.6. The van der Waals surface area contributed by atoms with Crippen molar-refractivity contribution in [2.45, 2.75) is 25.7 Å². The number of nitrogens with one attached hydrogen (secondary N) is 1. The first-order valence-corrected chi connectivity index (χ1v) is 6.29. The molecule has 1 aromatic carbocycles. The van der Waals surface area contributed by atoms with Crippen LogP contribution >= 0.6 is 0 Å². The van der Waals surface area contributed by atoms with Crippen LogP contribution in [0.4, 0.5) is 0 Å². The van der Waals surface area contributed by atoms with Gasteiger partial charge in [-0.2, -0.15) is 0 Å². The molecule has 0 aliphatic heterocycles. The topological polar surface area (TPSA) is 66.4 Å². The molecule has 0 unspecified atom stereocenters. The van der Waals surface area contributed by atoms with Crippen molar-refractivity contribution < 1.29 is 14.7 Å². The van der Waals surface area contributed by atoms with Gasteiger partial charge in [-0.05, 0) is 30.9 Å². The van der Waals surface area contributed by atoms with Crippen molar-refractivity contribution in [2.24, 2.45) is 5.92 Å². The lowest BCUT2D eigenvalue weighted by Gasteiger charge is -2.11. The van der Waals surface area contributed by atoms with Crippen molar-refractivity contribution in [2.75, 3.05) is 6.54 Å². The fourth-order valence-corrected chi connectivity index (χ4v) is 2.41. The minimum absolute atomic E-state index is 0.0569. The standard InChI is InChI=1S/C14H17NO3/c16-13(15-9-10-5-1-2-6-10)11-7-3-4-8-12(11)14(17)18/h3-4,7-8,10H,1-2,5-6,9H2,(H,15,16)(H,17,18). The van der Waals surface area contributed by atoms with Crippen LogP contribution in [-0.2, 0) is 0 Å². The first-order valence-electron chi connectivity index (χ1n) is 6.29. The Hall–Kier alpha value is -1.84. The molecule has 96 valence electrons. The molecule has 18 heavy (non-hydrogen) atoms. The third-order valence-corrected chi connectivity index (χ3v) is 3.43. The number of carboxylic acid groups (broad SMARTS) is 1. The number of carbonyl (C=O) groups is 2. The summed E-state index contributed by atoms with van der Waals surface area (Å²) in [5.74, 6) is -0.813. The van der Waals surface area contributed by atoms with Crippen molar-refractivity contribution in [1.82, 2.24) is 5.32 Å². The smallest absolute Gasteiger partial charge is 0.336 e. The summed E-state index contributed by atoms with van der Waals surface area (Å²) in [5.41, 5.74) is 0.296. The summed E-state index contributed by atoms with van der Waals surface area (Å²) in [6.07, 6.45) is 4.76. The average molecular weight is 247 g/mol. The SMILES string of the molecule is O=C(O)c1ccccc1C(=O)NCC1CCCC1. The Morgan fingerprint density at radius 2 is 1.78 bits per heavy atom. The molecule has 2 N–H and O–H groups in total. The molecule has 0 atom stereocenters. The van der Waals surface area contributed by atoms with Crippen molar-refractivity contribution in [3.05, 3.63) is 35.4 Å². The molecule has 4 heteroatoms. The zero-order valence-corrected chi connectivity index (χ0v) is 10.2. The Bertz CT molecular complexity index is 450. The van der Waals surface area contributed by atoms with Crippen LogP contribution < -0.4 is 5.32 Å². The summed E-state index contributed by atoms with van der Waals surface area (Å²) in [4.78, 5) is 23.0. The second kappa shape index (κ2) is 5.67. The highest BCUT2D eigenvalue weighted by molar-refractivity contribution is 6.04. The molecule has 0 radical (unpaired) electrons. The first-order chi connectivity index (χ1) is 8.68. The van der Waals surface area contributed by atoms with Crippen molar-refractivity contribution in [3.8, 4) is 0 Å². The number of rotatable bonds is 4. The van der Waals surface area contributed by atoms with Crippen LogP contribution in [0.3, 0.4) is 0 Å². The quantitative estimate of drug-likeness (QED) is 0.858. The second-order valence-electron chi connectivity index (χ2n) is 4.71. The Kier molecular flexibility index (Phi) is 3.97. The van der Waals surface area contributed by atoms with E-state index in [9.17, 15) is 9.59 Å². The molecule has 1 aliphatic carbocycles. The summed E-state index contributed by atoms with van der Waals surface area (Å²) >= 11 is 0.